The molecule has 0 saturated heterocycles. The Balaban J connectivity index is 1.97. The van der Waals surface area contributed by atoms with Crippen LogP contribution in [0.4, 0.5) is 5.69 Å². The second kappa shape index (κ2) is 7.40. The number of hydrogen-bond donors (Lipinski definition) is 1. The van der Waals surface area contributed by atoms with Crippen molar-refractivity contribution in [2.24, 2.45) is 0 Å². The van der Waals surface area contributed by atoms with Gasteiger partial charge in [-0.25, -0.2) is 0 Å². The maximum atomic E-state index is 11.9. The fourth-order valence-corrected chi connectivity index (χ4v) is 1.79. The first kappa shape index (κ1) is 14.2. The molecule has 0 fully saturated rings. The lowest BCUT2D eigenvalue weighted by molar-refractivity contribution is -0.116. The number of aromatic nitrogens is 3. The molecule has 1 amide bonds. The topological polar surface area (TPSA) is 69.0 Å². The van der Waals surface area contributed by atoms with E-state index in [4.69, 9.17) is 4.74 Å². The Morgan fingerprint density at radius 3 is 2.80 bits per heavy atom. The van der Waals surface area contributed by atoms with Crippen molar-refractivity contribution in [2.45, 2.75) is 19.8 Å². The van der Waals surface area contributed by atoms with Crippen molar-refractivity contribution in [3.63, 3.8) is 0 Å². The van der Waals surface area contributed by atoms with Crippen LogP contribution in [0.2, 0.25) is 0 Å². The van der Waals surface area contributed by atoms with Gasteiger partial charge in [0.25, 0.3) is 0 Å². The molecule has 106 valence electrons. The van der Waals surface area contributed by atoms with Gasteiger partial charge in [0.1, 0.15) is 5.69 Å². The van der Waals surface area contributed by atoms with E-state index in [1.165, 1.54) is 4.80 Å². The number of anilines is 1. The molecule has 20 heavy (non-hydrogen) atoms. The molecule has 1 N–H and O–H groups in total. The second-order valence-electron chi connectivity index (χ2n) is 4.18. The van der Waals surface area contributed by atoms with Crippen molar-refractivity contribution in [3.8, 4) is 5.69 Å². The summed E-state index contributed by atoms with van der Waals surface area (Å²) in [6, 6.07) is 7.43. The molecule has 0 radical (unpaired) electrons. The molecule has 0 unspecified atom stereocenters. The Hall–Kier alpha value is -2.21. The molecule has 1 aromatic heterocycles. The van der Waals surface area contributed by atoms with Crippen LogP contribution in [-0.4, -0.2) is 34.1 Å². The molecule has 1 heterocycles. The number of nitrogens with zero attached hydrogens (tertiary/aromatic N) is 3. The predicted octanol–water partition coefficient (Wildman–Crippen LogP) is 2.02. The Kier molecular flexibility index (Phi) is 5.25. The van der Waals surface area contributed by atoms with Gasteiger partial charge in [-0.05, 0) is 25.5 Å². The highest BCUT2D eigenvalue weighted by molar-refractivity contribution is 5.92. The van der Waals surface area contributed by atoms with E-state index in [2.05, 4.69) is 15.5 Å². The van der Waals surface area contributed by atoms with Gasteiger partial charge < -0.3 is 10.1 Å². The smallest absolute Gasteiger partial charge is 0.224 e. The minimum absolute atomic E-state index is 0.0377. The summed E-state index contributed by atoms with van der Waals surface area (Å²) in [5.74, 6) is -0.0377. The van der Waals surface area contributed by atoms with Crippen LogP contribution >= 0.6 is 0 Å². The summed E-state index contributed by atoms with van der Waals surface area (Å²) in [7, 11) is 0. The summed E-state index contributed by atoms with van der Waals surface area (Å²) >= 11 is 0. The minimum atomic E-state index is -0.0377. The van der Waals surface area contributed by atoms with E-state index in [1.54, 1.807) is 12.4 Å². The van der Waals surface area contributed by atoms with Crippen molar-refractivity contribution in [1.29, 1.82) is 0 Å². The van der Waals surface area contributed by atoms with Crippen molar-refractivity contribution in [3.05, 3.63) is 36.7 Å². The van der Waals surface area contributed by atoms with E-state index in [9.17, 15) is 4.79 Å². The number of para-hydroxylation sites is 2. The summed E-state index contributed by atoms with van der Waals surface area (Å²) in [6.07, 6.45) is 4.34. The van der Waals surface area contributed by atoms with E-state index in [0.29, 0.717) is 31.7 Å². The molecule has 2 aromatic rings. The number of rotatable bonds is 7. The Labute approximate surface area is 117 Å². The quantitative estimate of drug-likeness (QED) is 0.784. The average Bonchev–Trinajstić information content (AvgIpc) is 2.98. The molecule has 0 aliphatic carbocycles. The first-order valence-corrected chi connectivity index (χ1v) is 6.64. The van der Waals surface area contributed by atoms with Crippen LogP contribution in [0, 0.1) is 0 Å². The zero-order chi connectivity index (χ0) is 14.2. The fourth-order valence-electron chi connectivity index (χ4n) is 1.79. The molecule has 1 aromatic carbocycles. The number of ether oxygens (including phenoxy) is 1. The molecule has 0 aliphatic rings. The molecule has 0 aliphatic heterocycles. The first-order valence-electron chi connectivity index (χ1n) is 6.64. The molecule has 0 atom stereocenters. The summed E-state index contributed by atoms with van der Waals surface area (Å²) in [5, 5.41) is 11.0. The largest absolute Gasteiger partial charge is 0.382 e. The van der Waals surface area contributed by atoms with Crippen LogP contribution in [0.15, 0.2) is 36.7 Å². The maximum Gasteiger partial charge on any atom is 0.224 e. The first-order chi connectivity index (χ1) is 9.81. The standard InChI is InChI=1S/C14H18N4O2/c1-2-20-11-5-8-14(19)17-12-6-3-4-7-13(12)18-15-9-10-16-18/h3-4,6-7,9-10H,2,5,8,11H2,1H3,(H,17,19). The molecule has 0 saturated carbocycles. The van der Waals surface area contributed by atoms with Crippen molar-refractivity contribution < 1.29 is 9.53 Å². The van der Waals surface area contributed by atoms with Gasteiger partial charge in [0.2, 0.25) is 5.91 Å². The highest BCUT2D eigenvalue weighted by Gasteiger charge is 2.08. The molecule has 6 nitrogen and oxygen atoms in total. The fraction of sp³-hybridized carbons (Fsp3) is 0.357. The number of amides is 1. The normalized spacial score (nSPS) is 10.4. The van der Waals surface area contributed by atoms with E-state index in [1.807, 2.05) is 31.2 Å². The van der Waals surface area contributed by atoms with Crippen LogP contribution in [0.25, 0.3) is 5.69 Å². The Morgan fingerprint density at radius 1 is 1.30 bits per heavy atom. The Morgan fingerprint density at radius 2 is 2.05 bits per heavy atom. The molecule has 0 spiro atoms. The van der Waals surface area contributed by atoms with Gasteiger partial charge in [0, 0.05) is 19.6 Å². The molecular weight excluding hydrogens is 256 g/mol. The van der Waals surface area contributed by atoms with Crippen LogP contribution < -0.4 is 5.32 Å². The summed E-state index contributed by atoms with van der Waals surface area (Å²) in [6.45, 7) is 3.22. The third-order valence-electron chi connectivity index (χ3n) is 2.71. The van der Waals surface area contributed by atoms with E-state index < -0.39 is 0 Å². The lowest BCUT2D eigenvalue weighted by atomic mass is 10.2. The van der Waals surface area contributed by atoms with Crippen LogP contribution in [0.5, 0.6) is 0 Å². The van der Waals surface area contributed by atoms with Gasteiger partial charge in [-0.3, -0.25) is 4.79 Å². The van der Waals surface area contributed by atoms with Crippen molar-refractivity contribution >= 4 is 11.6 Å². The number of nitrogens with one attached hydrogen (secondary N) is 1. The van der Waals surface area contributed by atoms with E-state index in [0.717, 1.165) is 5.69 Å². The number of carbonyl (C=O) groups excluding carboxylic acids is 1. The van der Waals surface area contributed by atoms with Crippen molar-refractivity contribution in [2.75, 3.05) is 18.5 Å². The lowest BCUT2D eigenvalue weighted by Gasteiger charge is -2.10. The molecule has 0 bridgehead atoms. The van der Waals surface area contributed by atoms with E-state index >= 15 is 0 Å². The van der Waals surface area contributed by atoms with Gasteiger partial charge in [-0.1, -0.05) is 12.1 Å². The maximum absolute atomic E-state index is 11.9. The highest BCUT2D eigenvalue weighted by atomic mass is 16.5. The molecule has 2 rings (SSSR count). The van der Waals surface area contributed by atoms with Crippen LogP contribution in [0.3, 0.4) is 0 Å². The van der Waals surface area contributed by atoms with Gasteiger partial charge in [-0.15, -0.1) is 4.80 Å². The zero-order valence-corrected chi connectivity index (χ0v) is 11.5. The summed E-state index contributed by atoms with van der Waals surface area (Å²) < 4.78 is 5.21. The van der Waals surface area contributed by atoms with E-state index in [-0.39, 0.29) is 5.91 Å². The summed E-state index contributed by atoms with van der Waals surface area (Å²) in [4.78, 5) is 13.4. The van der Waals surface area contributed by atoms with Crippen molar-refractivity contribution in [1.82, 2.24) is 15.0 Å². The van der Waals surface area contributed by atoms with Crippen LogP contribution in [0.1, 0.15) is 19.8 Å². The van der Waals surface area contributed by atoms with Gasteiger partial charge >= 0.3 is 0 Å². The van der Waals surface area contributed by atoms with Gasteiger partial charge in [0.15, 0.2) is 0 Å². The zero-order valence-electron chi connectivity index (χ0n) is 11.5. The second-order valence-corrected chi connectivity index (χ2v) is 4.18. The highest BCUT2D eigenvalue weighted by Crippen LogP contribution is 2.18. The minimum Gasteiger partial charge on any atom is -0.382 e. The number of carbonyl (C=O) groups is 1. The van der Waals surface area contributed by atoms with Gasteiger partial charge in [0.05, 0.1) is 18.1 Å². The van der Waals surface area contributed by atoms with Crippen LogP contribution in [-0.2, 0) is 9.53 Å². The third-order valence-corrected chi connectivity index (χ3v) is 2.71. The third kappa shape index (κ3) is 3.89. The number of benzene rings is 1. The molecule has 6 heteroatoms. The SMILES string of the molecule is CCOCCCC(=O)Nc1ccccc1-n1nccn1. The monoisotopic (exact) mass is 274 g/mol. The predicted molar refractivity (Wildman–Crippen MR) is 75.7 cm³/mol. The average molecular weight is 274 g/mol. The Bertz CT molecular complexity index is 540. The molecular formula is C14H18N4O2. The lowest BCUT2D eigenvalue weighted by Crippen LogP contribution is -2.14. The summed E-state index contributed by atoms with van der Waals surface area (Å²) in [5.41, 5.74) is 1.45. The number of hydrogen-bond acceptors (Lipinski definition) is 4. The van der Waals surface area contributed by atoms with Gasteiger partial charge in [-0.2, -0.15) is 10.2 Å².